The molecule has 3 heteroatoms. The van der Waals surface area contributed by atoms with Gasteiger partial charge in [0.05, 0.1) is 6.61 Å². The molecule has 1 aromatic carbocycles. The lowest BCUT2D eigenvalue weighted by molar-refractivity contribution is 0.109. The van der Waals surface area contributed by atoms with Gasteiger partial charge in [0.1, 0.15) is 0 Å². The number of benzene rings is 1. The smallest absolute Gasteiger partial charge is 0.0717 e. The van der Waals surface area contributed by atoms with E-state index >= 15 is 0 Å². The van der Waals surface area contributed by atoms with Crippen LogP contribution in [0.5, 0.6) is 0 Å². The summed E-state index contributed by atoms with van der Waals surface area (Å²) < 4.78 is 5.61. The summed E-state index contributed by atoms with van der Waals surface area (Å²) in [5.41, 5.74) is 1.13. The van der Waals surface area contributed by atoms with Crippen LogP contribution in [0.15, 0.2) is 24.3 Å². The fourth-order valence-corrected chi connectivity index (χ4v) is 2.12. The van der Waals surface area contributed by atoms with E-state index in [0.29, 0.717) is 12.5 Å². The first-order valence-corrected chi connectivity index (χ1v) is 6.66. The molecule has 0 aliphatic heterocycles. The first kappa shape index (κ1) is 13.9. The molecule has 0 heterocycles. The largest absolute Gasteiger partial charge is 0.377 e. The third kappa shape index (κ3) is 5.78. The maximum atomic E-state index is 5.89. The van der Waals surface area contributed by atoms with E-state index in [-0.39, 0.29) is 0 Å². The lowest BCUT2D eigenvalue weighted by Crippen LogP contribution is -2.02. The molecule has 0 saturated carbocycles. The summed E-state index contributed by atoms with van der Waals surface area (Å²) >= 11 is 10.1. The Morgan fingerprint density at radius 3 is 2.88 bits per heavy atom. The van der Waals surface area contributed by atoms with E-state index in [2.05, 4.69) is 19.6 Å². The predicted molar refractivity (Wildman–Crippen MR) is 73.4 cm³/mol. The number of thiol groups is 1. The number of halogens is 1. The van der Waals surface area contributed by atoms with Crippen molar-refractivity contribution in [2.75, 3.05) is 12.4 Å². The van der Waals surface area contributed by atoms with Gasteiger partial charge in [0, 0.05) is 11.6 Å². The van der Waals surface area contributed by atoms with Crippen LogP contribution in [0.4, 0.5) is 0 Å². The minimum Gasteiger partial charge on any atom is -0.377 e. The molecule has 1 unspecified atom stereocenters. The van der Waals surface area contributed by atoms with Crippen LogP contribution >= 0.6 is 24.2 Å². The molecule has 0 amide bonds. The topological polar surface area (TPSA) is 9.23 Å². The summed E-state index contributed by atoms with van der Waals surface area (Å²) in [6.45, 7) is 3.69. The second-order valence-corrected chi connectivity index (χ2v) is 4.97. The normalized spacial score (nSPS) is 12.7. The minimum atomic E-state index is 0.647. The van der Waals surface area contributed by atoms with Crippen LogP contribution in [-0.4, -0.2) is 12.4 Å². The highest BCUT2D eigenvalue weighted by Gasteiger charge is 2.01. The zero-order valence-electron chi connectivity index (χ0n) is 9.66. The molecule has 0 radical (unpaired) electrons. The van der Waals surface area contributed by atoms with Gasteiger partial charge in [0.2, 0.25) is 0 Å². The van der Waals surface area contributed by atoms with Gasteiger partial charge in [-0.05, 0) is 42.2 Å². The quantitative estimate of drug-likeness (QED) is 0.570. The van der Waals surface area contributed by atoms with Crippen LogP contribution in [0.1, 0.15) is 25.3 Å². The second-order valence-electron chi connectivity index (χ2n) is 4.09. The van der Waals surface area contributed by atoms with Crippen molar-refractivity contribution in [1.82, 2.24) is 0 Å². The monoisotopic (exact) mass is 258 g/mol. The van der Waals surface area contributed by atoms with Gasteiger partial charge in [-0.15, -0.1) is 0 Å². The standard InChI is InChI=1S/C13H19ClOS/c1-11(6-8-16)5-7-15-10-12-3-2-4-13(14)9-12/h2-4,9,11,16H,5-8,10H2,1H3. The van der Waals surface area contributed by atoms with Gasteiger partial charge < -0.3 is 4.74 Å². The van der Waals surface area contributed by atoms with Crippen molar-refractivity contribution in [2.24, 2.45) is 5.92 Å². The van der Waals surface area contributed by atoms with Crippen LogP contribution in [0, 0.1) is 5.92 Å². The summed E-state index contributed by atoms with van der Waals surface area (Å²) in [4.78, 5) is 0. The molecule has 0 spiro atoms. The van der Waals surface area contributed by atoms with E-state index in [1.165, 1.54) is 0 Å². The Bertz CT molecular complexity index is 304. The molecule has 1 rings (SSSR count). The summed E-state index contributed by atoms with van der Waals surface area (Å²) in [6.07, 6.45) is 2.25. The van der Waals surface area contributed by atoms with E-state index in [1.807, 2.05) is 24.3 Å². The van der Waals surface area contributed by atoms with Crippen molar-refractivity contribution in [3.8, 4) is 0 Å². The molecule has 0 aromatic heterocycles. The Balaban J connectivity index is 2.16. The second kappa shape index (κ2) is 7.99. The first-order chi connectivity index (χ1) is 7.72. The van der Waals surface area contributed by atoms with E-state index in [0.717, 1.165) is 35.8 Å². The van der Waals surface area contributed by atoms with Crippen LogP contribution in [0.3, 0.4) is 0 Å². The lowest BCUT2D eigenvalue weighted by Gasteiger charge is -2.10. The van der Waals surface area contributed by atoms with Crippen LogP contribution in [0.2, 0.25) is 5.02 Å². The van der Waals surface area contributed by atoms with Gasteiger partial charge in [0.25, 0.3) is 0 Å². The molecule has 90 valence electrons. The zero-order chi connectivity index (χ0) is 11.8. The predicted octanol–water partition coefficient (Wildman–Crippen LogP) is 4.20. The number of hydrogen-bond acceptors (Lipinski definition) is 2. The Labute approximate surface area is 109 Å². The highest BCUT2D eigenvalue weighted by atomic mass is 35.5. The summed E-state index contributed by atoms with van der Waals surface area (Å²) in [5.74, 6) is 1.65. The fraction of sp³-hybridized carbons (Fsp3) is 0.538. The van der Waals surface area contributed by atoms with Gasteiger partial charge in [-0.2, -0.15) is 12.6 Å². The van der Waals surface area contributed by atoms with Crippen molar-refractivity contribution < 1.29 is 4.74 Å². The molecule has 0 aliphatic carbocycles. The van der Waals surface area contributed by atoms with Gasteiger partial charge in [-0.25, -0.2) is 0 Å². The summed E-state index contributed by atoms with van der Waals surface area (Å²) in [7, 11) is 0. The first-order valence-electron chi connectivity index (χ1n) is 5.65. The highest BCUT2D eigenvalue weighted by molar-refractivity contribution is 7.80. The third-order valence-electron chi connectivity index (χ3n) is 2.53. The molecule has 0 aliphatic rings. The average Bonchev–Trinajstić information content (AvgIpc) is 2.25. The number of ether oxygens (including phenoxy) is 1. The van der Waals surface area contributed by atoms with E-state index in [9.17, 15) is 0 Å². The molecule has 1 aromatic rings. The van der Waals surface area contributed by atoms with Crippen LogP contribution < -0.4 is 0 Å². The molecule has 0 fully saturated rings. The number of hydrogen-bond donors (Lipinski definition) is 1. The molecule has 1 nitrogen and oxygen atoms in total. The minimum absolute atomic E-state index is 0.647. The Kier molecular flexibility index (Phi) is 6.93. The SMILES string of the molecule is CC(CCS)CCOCc1cccc(Cl)c1. The maximum absolute atomic E-state index is 5.89. The van der Waals surface area contributed by atoms with E-state index in [1.54, 1.807) is 0 Å². The summed E-state index contributed by atoms with van der Waals surface area (Å²) in [5, 5.41) is 0.768. The molecule has 1 atom stereocenters. The average molecular weight is 259 g/mol. The fourth-order valence-electron chi connectivity index (χ4n) is 1.47. The maximum Gasteiger partial charge on any atom is 0.0717 e. The van der Waals surface area contributed by atoms with Crippen molar-refractivity contribution in [1.29, 1.82) is 0 Å². The molecule has 0 N–H and O–H groups in total. The number of rotatable bonds is 7. The highest BCUT2D eigenvalue weighted by Crippen LogP contribution is 2.12. The molecule has 0 saturated heterocycles. The Morgan fingerprint density at radius 1 is 1.38 bits per heavy atom. The van der Waals surface area contributed by atoms with E-state index < -0.39 is 0 Å². The van der Waals surface area contributed by atoms with Crippen molar-refractivity contribution >= 4 is 24.2 Å². The van der Waals surface area contributed by atoms with Gasteiger partial charge in [-0.1, -0.05) is 30.7 Å². The Morgan fingerprint density at radius 2 is 2.19 bits per heavy atom. The third-order valence-corrected chi connectivity index (χ3v) is 3.03. The molecule has 0 bridgehead atoms. The van der Waals surface area contributed by atoms with Gasteiger partial charge >= 0.3 is 0 Å². The van der Waals surface area contributed by atoms with E-state index in [4.69, 9.17) is 16.3 Å². The lowest BCUT2D eigenvalue weighted by atomic mass is 10.1. The van der Waals surface area contributed by atoms with Crippen molar-refractivity contribution in [2.45, 2.75) is 26.4 Å². The molecular weight excluding hydrogens is 240 g/mol. The molecule has 16 heavy (non-hydrogen) atoms. The Hall–Kier alpha value is -0.180. The van der Waals surface area contributed by atoms with Crippen LogP contribution in [0.25, 0.3) is 0 Å². The van der Waals surface area contributed by atoms with Crippen molar-refractivity contribution in [3.63, 3.8) is 0 Å². The van der Waals surface area contributed by atoms with Gasteiger partial charge in [0.15, 0.2) is 0 Å². The summed E-state index contributed by atoms with van der Waals surface area (Å²) in [6, 6.07) is 7.80. The molecular formula is C13H19ClOS. The van der Waals surface area contributed by atoms with Crippen LogP contribution in [-0.2, 0) is 11.3 Å². The zero-order valence-corrected chi connectivity index (χ0v) is 11.3. The van der Waals surface area contributed by atoms with Gasteiger partial charge in [-0.3, -0.25) is 0 Å². The van der Waals surface area contributed by atoms with Crippen molar-refractivity contribution in [3.05, 3.63) is 34.9 Å².